The maximum Gasteiger partial charge on any atom is 0.133 e. The molecule has 1 N–H and O–H groups in total. The molecule has 0 atom stereocenters. The van der Waals surface area contributed by atoms with Crippen molar-refractivity contribution in [1.29, 1.82) is 0 Å². The zero-order valence-corrected chi connectivity index (χ0v) is 12.9. The zero-order chi connectivity index (χ0) is 14.4. The SMILES string of the molecule is CCCc1nc(NCC)c(C)c(Sc2ccncn2)n1. The molecule has 5 nitrogen and oxygen atoms in total. The van der Waals surface area contributed by atoms with Crippen molar-refractivity contribution in [2.24, 2.45) is 0 Å². The van der Waals surface area contributed by atoms with E-state index in [-0.39, 0.29) is 0 Å². The monoisotopic (exact) mass is 289 g/mol. The Labute approximate surface area is 123 Å². The Morgan fingerprint density at radius 1 is 1.25 bits per heavy atom. The first-order chi connectivity index (χ1) is 9.74. The maximum atomic E-state index is 4.65. The van der Waals surface area contributed by atoms with Gasteiger partial charge in [-0.05, 0) is 38.1 Å². The molecule has 0 saturated carbocycles. The van der Waals surface area contributed by atoms with Gasteiger partial charge < -0.3 is 5.32 Å². The van der Waals surface area contributed by atoms with Crippen LogP contribution < -0.4 is 5.32 Å². The Hall–Kier alpha value is -1.69. The Morgan fingerprint density at radius 2 is 2.10 bits per heavy atom. The highest BCUT2D eigenvalue weighted by molar-refractivity contribution is 7.99. The summed E-state index contributed by atoms with van der Waals surface area (Å²) < 4.78 is 0. The van der Waals surface area contributed by atoms with E-state index < -0.39 is 0 Å². The number of rotatable bonds is 6. The largest absolute Gasteiger partial charge is 0.370 e. The molecule has 0 saturated heterocycles. The van der Waals surface area contributed by atoms with Gasteiger partial charge in [0, 0.05) is 24.7 Å². The number of hydrogen-bond donors (Lipinski definition) is 1. The second kappa shape index (κ2) is 7.19. The minimum Gasteiger partial charge on any atom is -0.370 e. The van der Waals surface area contributed by atoms with Crippen molar-refractivity contribution in [1.82, 2.24) is 19.9 Å². The van der Waals surface area contributed by atoms with E-state index in [0.717, 1.165) is 46.6 Å². The van der Waals surface area contributed by atoms with E-state index in [1.54, 1.807) is 24.3 Å². The van der Waals surface area contributed by atoms with Gasteiger partial charge in [0.15, 0.2) is 0 Å². The van der Waals surface area contributed by atoms with Crippen molar-refractivity contribution >= 4 is 17.6 Å². The average molecular weight is 289 g/mol. The van der Waals surface area contributed by atoms with Crippen LogP contribution in [0.3, 0.4) is 0 Å². The van der Waals surface area contributed by atoms with Crippen LogP contribution >= 0.6 is 11.8 Å². The van der Waals surface area contributed by atoms with Crippen LogP contribution in [0.2, 0.25) is 0 Å². The van der Waals surface area contributed by atoms with Gasteiger partial charge in [-0.15, -0.1) is 0 Å². The van der Waals surface area contributed by atoms with E-state index in [2.05, 4.69) is 39.1 Å². The minimum atomic E-state index is 0.848. The highest BCUT2D eigenvalue weighted by Gasteiger charge is 2.12. The predicted molar refractivity (Wildman–Crippen MR) is 81.1 cm³/mol. The van der Waals surface area contributed by atoms with Gasteiger partial charge in [0.2, 0.25) is 0 Å². The fraction of sp³-hybridized carbons (Fsp3) is 0.429. The molecular weight excluding hydrogens is 270 g/mol. The van der Waals surface area contributed by atoms with Gasteiger partial charge in [-0.3, -0.25) is 0 Å². The number of nitrogens with zero attached hydrogens (tertiary/aromatic N) is 4. The quantitative estimate of drug-likeness (QED) is 0.824. The fourth-order valence-corrected chi connectivity index (χ4v) is 2.58. The number of aromatic nitrogens is 4. The van der Waals surface area contributed by atoms with Gasteiger partial charge in [-0.2, -0.15) is 0 Å². The molecule has 0 aliphatic heterocycles. The molecule has 0 fully saturated rings. The summed E-state index contributed by atoms with van der Waals surface area (Å²) in [5.74, 6) is 1.80. The van der Waals surface area contributed by atoms with Crippen molar-refractivity contribution in [2.75, 3.05) is 11.9 Å². The lowest BCUT2D eigenvalue weighted by atomic mass is 10.3. The summed E-state index contributed by atoms with van der Waals surface area (Å²) in [5.41, 5.74) is 1.07. The van der Waals surface area contributed by atoms with E-state index in [0.29, 0.717) is 0 Å². The van der Waals surface area contributed by atoms with E-state index in [9.17, 15) is 0 Å². The summed E-state index contributed by atoms with van der Waals surface area (Å²) >= 11 is 1.55. The van der Waals surface area contributed by atoms with Crippen molar-refractivity contribution in [2.45, 2.75) is 43.7 Å². The molecule has 6 heteroatoms. The molecule has 0 radical (unpaired) electrons. The van der Waals surface area contributed by atoms with Gasteiger partial charge in [0.05, 0.1) is 0 Å². The van der Waals surface area contributed by atoms with Crippen LogP contribution in [0.15, 0.2) is 28.6 Å². The fourth-order valence-electron chi connectivity index (χ4n) is 1.75. The number of hydrogen-bond acceptors (Lipinski definition) is 6. The van der Waals surface area contributed by atoms with Gasteiger partial charge in [0.1, 0.15) is 28.0 Å². The highest BCUT2D eigenvalue weighted by atomic mass is 32.2. The molecule has 2 aromatic heterocycles. The smallest absolute Gasteiger partial charge is 0.133 e. The van der Waals surface area contributed by atoms with Crippen molar-refractivity contribution < 1.29 is 0 Å². The highest BCUT2D eigenvalue weighted by Crippen LogP contribution is 2.29. The minimum absolute atomic E-state index is 0.848. The summed E-state index contributed by atoms with van der Waals surface area (Å²) in [7, 11) is 0. The topological polar surface area (TPSA) is 63.6 Å². The lowest BCUT2D eigenvalue weighted by Gasteiger charge is -2.12. The second-order valence-electron chi connectivity index (χ2n) is 4.35. The molecule has 106 valence electrons. The van der Waals surface area contributed by atoms with E-state index in [4.69, 9.17) is 0 Å². The zero-order valence-electron chi connectivity index (χ0n) is 12.1. The molecule has 0 aromatic carbocycles. The molecule has 0 bridgehead atoms. The van der Waals surface area contributed by atoms with Gasteiger partial charge >= 0.3 is 0 Å². The number of aryl methyl sites for hydroxylation is 1. The third-order valence-electron chi connectivity index (χ3n) is 2.72. The Balaban J connectivity index is 2.34. The molecule has 0 amide bonds. The van der Waals surface area contributed by atoms with Crippen molar-refractivity contribution in [3.63, 3.8) is 0 Å². The molecule has 0 spiro atoms. The average Bonchev–Trinajstić information content (AvgIpc) is 2.45. The molecule has 0 aliphatic carbocycles. The van der Waals surface area contributed by atoms with Crippen LogP contribution in [0, 0.1) is 6.92 Å². The van der Waals surface area contributed by atoms with E-state index in [1.807, 2.05) is 13.0 Å². The number of nitrogens with one attached hydrogen (secondary N) is 1. The molecule has 0 aliphatic rings. The van der Waals surface area contributed by atoms with Gasteiger partial charge in [-0.25, -0.2) is 19.9 Å². The summed E-state index contributed by atoms with van der Waals surface area (Å²) in [6.45, 7) is 7.09. The van der Waals surface area contributed by atoms with Crippen LogP contribution in [-0.2, 0) is 6.42 Å². The van der Waals surface area contributed by atoms with Gasteiger partial charge in [-0.1, -0.05) is 6.92 Å². The third-order valence-corrected chi connectivity index (χ3v) is 3.76. The van der Waals surface area contributed by atoms with Crippen LogP contribution in [0.1, 0.15) is 31.7 Å². The summed E-state index contributed by atoms with van der Waals surface area (Å²) in [5, 5.41) is 5.16. The standard InChI is InChI=1S/C14H19N5S/c1-4-6-11-18-13(16-5-2)10(3)14(19-11)20-12-7-8-15-9-17-12/h7-9H,4-6H2,1-3H3,(H,16,18,19). The van der Waals surface area contributed by atoms with Crippen molar-refractivity contribution in [3.8, 4) is 0 Å². The molecule has 20 heavy (non-hydrogen) atoms. The number of anilines is 1. The first kappa shape index (κ1) is 14.7. The lowest BCUT2D eigenvalue weighted by Crippen LogP contribution is -2.07. The van der Waals surface area contributed by atoms with Gasteiger partial charge in [0.25, 0.3) is 0 Å². The first-order valence-electron chi connectivity index (χ1n) is 6.79. The van der Waals surface area contributed by atoms with E-state index >= 15 is 0 Å². The van der Waals surface area contributed by atoms with Crippen LogP contribution in [0.5, 0.6) is 0 Å². The summed E-state index contributed by atoms with van der Waals surface area (Å²) in [6.07, 6.45) is 5.21. The first-order valence-corrected chi connectivity index (χ1v) is 7.61. The molecule has 2 rings (SSSR count). The van der Waals surface area contributed by atoms with Crippen LogP contribution in [0.4, 0.5) is 5.82 Å². The maximum absolute atomic E-state index is 4.65. The lowest BCUT2D eigenvalue weighted by molar-refractivity contribution is 0.801. The second-order valence-corrected chi connectivity index (χ2v) is 5.36. The summed E-state index contributed by atoms with van der Waals surface area (Å²) in [6, 6.07) is 1.89. The van der Waals surface area contributed by atoms with Crippen molar-refractivity contribution in [3.05, 3.63) is 30.0 Å². The van der Waals surface area contributed by atoms with Crippen LogP contribution in [-0.4, -0.2) is 26.5 Å². The Morgan fingerprint density at radius 3 is 2.75 bits per heavy atom. The molecule has 2 aromatic rings. The Kier molecular flexibility index (Phi) is 5.29. The normalized spacial score (nSPS) is 10.6. The molecule has 0 unspecified atom stereocenters. The molecular formula is C14H19N5S. The van der Waals surface area contributed by atoms with E-state index in [1.165, 1.54) is 0 Å². The Bertz CT molecular complexity index is 559. The predicted octanol–water partition coefficient (Wildman–Crippen LogP) is 3.11. The third kappa shape index (κ3) is 3.66. The summed E-state index contributed by atoms with van der Waals surface area (Å²) in [4.78, 5) is 17.4. The van der Waals surface area contributed by atoms with Crippen LogP contribution in [0.25, 0.3) is 0 Å². The molecule has 2 heterocycles.